The zero-order chi connectivity index (χ0) is 37.9. The Bertz CT molecular complexity index is 1070. The number of carbonyl (C=O) groups excluding carboxylic acids is 1. The Balaban J connectivity index is 1.99. The molecule has 0 saturated heterocycles. The largest absolute Gasteiger partial charge is 0.490 e. The average molecular weight is 747 g/mol. The van der Waals surface area contributed by atoms with Crippen molar-refractivity contribution in [1.29, 1.82) is 0 Å². The fourth-order valence-corrected chi connectivity index (χ4v) is 6.40. The van der Waals surface area contributed by atoms with Crippen molar-refractivity contribution in [2.75, 3.05) is 45.1 Å². The van der Waals surface area contributed by atoms with E-state index in [0.717, 1.165) is 89.9 Å². The van der Waals surface area contributed by atoms with Gasteiger partial charge in [0.15, 0.2) is 11.5 Å². The molecule has 1 heterocycles. The van der Waals surface area contributed by atoms with Gasteiger partial charge in [-0.1, -0.05) is 135 Å². The van der Waals surface area contributed by atoms with Crippen LogP contribution in [0.25, 0.3) is 0 Å². The van der Waals surface area contributed by atoms with Crippen LogP contribution >= 0.6 is 0 Å². The molecule has 11 heteroatoms. The Morgan fingerprint density at radius 1 is 0.472 bits per heavy atom. The summed E-state index contributed by atoms with van der Waals surface area (Å²) in [5.74, 6) is 1.31. The zero-order valence-corrected chi connectivity index (χ0v) is 33.0. The van der Waals surface area contributed by atoms with E-state index < -0.39 is 0 Å². The minimum absolute atomic E-state index is 0.290. The maximum Gasteiger partial charge on any atom is 0.270 e. The molecule has 0 atom stereocenters. The smallest absolute Gasteiger partial charge is 0.270 e. The van der Waals surface area contributed by atoms with Crippen LogP contribution in [-0.2, 0) is 0 Å². The first-order valence-electron chi connectivity index (χ1n) is 21.2. The molecule has 0 fully saturated rings. The second-order valence-corrected chi connectivity index (χ2v) is 14.4. The van der Waals surface area contributed by atoms with E-state index >= 15 is 0 Å². The lowest BCUT2D eigenvalue weighted by Gasteiger charge is -2.19. The van der Waals surface area contributed by atoms with Gasteiger partial charge < -0.3 is 29.5 Å². The van der Waals surface area contributed by atoms with E-state index in [-0.39, 0.29) is 19.1 Å². The van der Waals surface area contributed by atoms with Gasteiger partial charge in [-0.15, -0.1) is 10.2 Å². The van der Waals surface area contributed by atoms with Gasteiger partial charge in [0.1, 0.15) is 12.7 Å². The van der Waals surface area contributed by atoms with Crippen molar-refractivity contribution in [3.63, 3.8) is 0 Å². The number of nitrogens with zero attached hydrogens (tertiary/aromatic N) is 3. The van der Waals surface area contributed by atoms with Crippen LogP contribution < -0.4 is 19.6 Å². The van der Waals surface area contributed by atoms with E-state index in [1.807, 2.05) is 0 Å². The molecule has 2 rings (SSSR count). The Morgan fingerprint density at radius 3 is 1.11 bits per heavy atom. The molecule has 0 radical (unpaired) electrons. The third kappa shape index (κ3) is 24.2. The predicted octanol–water partition coefficient (Wildman–Crippen LogP) is 9.31. The molecule has 304 valence electrons. The molecule has 0 unspecified atom stereocenters. The van der Waals surface area contributed by atoms with Crippen LogP contribution in [0.4, 0.5) is 0 Å². The molecule has 1 aromatic carbocycles. The summed E-state index contributed by atoms with van der Waals surface area (Å²) >= 11 is 0. The van der Waals surface area contributed by atoms with E-state index in [1.165, 1.54) is 101 Å². The minimum atomic E-state index is -0.319. The lowest BCUT2D eigenvalue weighted by atomic mass is 10.1. The summed E-state index contributed by atoms with van der Waals surface area (Å²) in [5.41, 5.74) is 3.21. The van der Waals surface area contributed by atoms with Crippen molar-refractivity contribution in [3.8, 4) is 17.2 Å². The molecule has 0 saturated carbocycles. The van der Waals surface area contributed by atoms with Crippen LogP contribution in [0.5, 0.6) is 17.2 Å². The van der Waals surface area contributed by atoms with Crippen LogP contribution in [-0.4, -0.2) is 75.7 Å². The number of nitrogens with one attached hydrogen (secondary N) is 1. The Kier molecular flexibility index (Phi) is 29.4. The van der Waals surface area contributed by atoms with E-state index in [1.54, 1.807) is 12.1 Å². The number of hydrogen-bond acceptors (Lipinski definition) is 9. The van der Waals surface area contributed by atoms with Crippen LogP contribution in [0.2, 0.25) is 0 Å². The molecule has 1 aromatic heterocycles. The molecule has 0 aliphatic rings. The summed E-state index contributed by atoms with van der Waals surface area (Å²) in [4.78, 5) is 13.3. The highest BCUT2D eigenvalue weighted by molar-refractivity contribution is 6.01. The summed E-state index contributed by atoms with van der Waals surface area (Å²) in [7, 11) is 0. The number of carbonyl (C=O) groups is 1. The van der Waals surface area contributed by atoms with Gasteiger partial charge in [0, 0.05) is 25.4 Å². The molecular formula is C42H74N4O7. The first-order valence-corrected chi connectivity index (χ1v) is 21.2. The van der Waals surface area contributed by atoms with E-state index in [4.69, 9.17) is 29.5 Å². The average Bonchev–Trinajstić information content (AvgIpc) is 3.68. The van der Waals surface area contributed by atoms with Crippen molar-refractivity contribution >= 4 is 5.91 Å². The van der Waals surface area contributed by atoms with Gasteiger partial charge in [0.25, 0.3) is 5.91 Å². The van der Waals surface area contributed by atoms with Crippen LogP contribution in [0.1, 0.15) is 184 Å². The van der Waals surface area contributed by atoms with E-state index in [9.17, 15) is 4.79 Å². The molecular weight excluding hydrogens is 672 g/mol. The summed E-state index contributed by atoms with van der Waals surface area (Å²) in [6, 6.07) is 3.51. The van der Waals surface area contributed by atoms with Crippen molar-refractivity contribution < 1.29 is 34.3 Å². The van der Waals surface area contributed by atoms with Crippen LogP contribution in [0.3, 0.4) is 0 Å². The summed E-state index contributed by atoms with van der Waals surface area (Å²) in [5, 5.41) is 34.5. The number of aromatic nitrogens is 3. The van der Waals surface area contributed by atoms with E-state index in [0.29, 0.717) is 49.2 Å². The summed E-state index contributed by atoms with van der Waals surface area (Å²) < 4.78 is 20.6. The van der Waals surface area contributed by atoms with Gasteiger partial charge in [-0.2, -0.15) is 0 Å². The molecule has 1 amide bonds. The van der Waals surface area contributed by atoms with Crippen LogP contribution in [0.15, 0.2) is 24.8 Å². The number of aliphatic hydroxyl groups is 3. The van der Waals surface area contributed by atoms with Crippen molar-refractivity contribution in [1.82, 2.24) is 14.9 Å². The highest BCUT2D eigenvalue weighted by Gasteiger charge is 2.19. The first kappa shape index (κ1) is 46.3. The molecule has 0 aliphatic heterocycles. The van der Waals surface area contributed by atoms with Crippen LogP contribution in [0, 0.1) is 0 Å². The second-order valence-electron chi connectivity index (χ2n) is 14.4. The lowest BCUT2D eigenvalue weighted by Crippen LogP contribution is -2.22. The summed E-state index contributed by atoms with van der Waals surface area (Å²) in [6.45, 7) is 2.48. The second kappa shape index (κ2) is 33.7. The molecule has 2 aromatic rings. The molecule has 4 N–H and O–H groups in total. The normalized spacial score (nSPS) is 11.2. The van der Waals surface area contributed by atoms with Crippen molar-refractivity contribution in [2.45, 2.75) is 173 Å². The monoisotopic (exact) mass is 747 g/mol. The zero-order valence-electron chi connectivity index (χ0n) is 33.0. The van der Waals surface area contributed by atoms with Gasteiger partial charge in [0.2, 0.25) is 5.75 Å². The predicted molar refractivity (Wildman–Crippen MR) is 213 cm³/mol. The maximum absolute atomic E-state index is 13.3. The highest BCUT2D eigenvalue weighted by Crippen LogP contribution is 2.40. The Labute approximate surface area is 320 Å². The number of ether oxygens (including phenoxy) is 3. The van der Waals surface area contributed by atoms with Gasteiger partial charge in [-0.3, -0.25) is 10.2 Å². The Hall–Kier alpha value is -2.89. The van der Waals surface area contributed by atoms with Gasteiger partial charge in [-0.25, -0.2) is 4.68 Å². The molecule has 0 aliphatic carbocycles. The lowest BCUT2D eigenvalue weighted by molar-refractivity contribution is 0.101. The molecule has 0 spiro atoms. The third-order valence-corrected chi connectivity index (χ3v) is 9.60. The molecule has 0 bridgehead atoms. The highest BCUT2D eigenvalue weighted by atomic mass is 16.5. The van der Waals surface area contributed by atoms with Gasteiger partial charge in [0.05, 0.1) is 19.8 Å². The minimum Gasteiger partial charge on any atom is -0.490 e. The number of benzene rings is 1. The fourth-order valence-electron chi connectivity index (χ4n) is 6.40. The van der Waals surface area contributed by atoms with E-state index in [2.05, 4.69) is 15.6 Å². The number of amides is 1. The topological polar surface area (TPSA) is 148 Å². The standard InChI is InChI=1S/C42H74N4O7/c47-28-22-16-10-4-1-7-13-19-25-31-51-39-34-38(42(50)45-46-36-43-44-37-46)35-40(52-32-26-20-14-8-2-5-11-17-23-29-48)41(39)53-33-27-21-15-9-3-6-12-18-24-30-49/h34-37,47-49H,1-33H2,(H,45,50). The summed E-state index contributed by atoms with van der Waals surface area (Å²) in [6.07, 6.45) is 33.0. The number of hydrogen-bond donors (Lipinski definition) is 4. The quantitative estimate of drug-likeness (QED) is 0.0494. The molecule has 53 heavy (non-hydrogen) atoms. The fraction of sp³-hybridized carbons (Fsp3) is 0.786. The SMILES string of the molecule is O=C(Nn1cnnc1)c1cc(OCCCCCCCCCCCO)c(OCCCCCCCCCCCO)c(OCCCCCCCCCCCO)c1. The number of rotatable bonds is 38. The third-order valence-electron chi connectivity index (χ3n) is 9.60. The van der Waals surface area contributed by atoms with Crippen molar-refractivity contribution in [2.24, 2.45) is 0 Å². The number of aliphatic hydroxyl groups excluding tert-OH is 3. The first-order chi connectivity index (χ1) is 26.2. The molecule has 11 nitrogen and oxygen atoms in total. The van der Waals surface area contributed by atoms with Crippen molar-refractivity contribution in [3.05, 3.63) is 30.4 Å². The van der Waals surface area contributed by atoms with Gasteiger partial charge in [-0.05, 0) is 50.7 Å². The maximum atomic E-state index is 13.3. The van der Waals surface area contributed by atoms with Gasteiger partial charge >= 0.3 is 0 Å². The number of unbranched alkanes of at least 4 members (excludes halogenated alkanes) is 24. The Morgan fingerprint density at radius 2 is 0.774 bits per heavy atom.